The molecule has 1 aliphatic heterocycles. The molecule has 1 aliphatic rings. The average Bonchev–Trinajstić information content (AvgIpc) is 3.18. The molecule has 3 unspecified atom stereocenters. The lowest BCUT2D eigenvalue weighted by atomic mass is 10.1. The van der Waals surface area contributed by atoms with Crippen LogP contribution in [0.4, 0.5) is 0 Å². The van der Waals surface area contributed by atoms with Crippen molar-refractivity contribution in [2.24, 2.45) is 0 Å². The Morgan fingerprint density at radius 2 is 1.26 bits per heavy atom. The molecule has 10 heteroatoms. The van der Waals surface area contributed by atoms with E-state index in [1.165, 1.54) is 38.5 Å². The SMILES string of the molecule is CCCCCCCCC(CC)OP(=O)(OC1=C(O)[C@@H](C(O)CO)OC1=O)OC(CC)CCCCCCCC. The molecule has 0 saturated heterocycles. The van der Waals surface area contributed by atoms with Crippen LogP contribution < -0.4 is 0 Å². The molecule has 0 bridgehead atoms. The second-order valence-electron chi connectivity index (χ2n) is 10.2. The zero-order chi connectivity index (χ0) is 28.4. The van der Waals surface area contributed by atoms with Gasteiger partial charge in [-0.05, 0) is 25.7 Å². The van der Waals surface area contributed by atoms with Crippen molar-refractivity contribution in [3.8, 4) is 0 Å². The fourth-order valence-electron chi connectivity index (χ4n) is 4.41. The highest BCUT2D eigenvalue weighted by Crippen LogP contribution is 2.56. The number of carbonyl (C=O) groups is 1. The van der Waals surface area contributed by atoms with Crippen LogP contribution in [0.15, 0.2) is 11.5 Å². The van der Waals surface area contributed by atoms with Crippen molar-refractivity contribution in [3.05, 3.63) is 11.5 Å². The highest BCUT2D eigenvalue weighted by atomic mass is 31.2. The quantitative estimate of drug-likeness (QED) is 0.0630. The third-order valence-electron chi connectivity index (χ3n) is 6.89. The predicted octanol–water partition coefficient (Wildman–Crippen LogP) is 7.25. The molecule has 1 heterocycles. The van der Waals surface area contributed by atoms with Gasteiger partial charge in [0.15, 0.2) is 11.9 Å². The Morgan fingerprint density at radius 3 is 1.68 bits per heavy atom. The summed E-state index contributed by atoms with van der Waals surface area (Å²) in [6.45, 7) is 7.46. The summed E-state index contributed by atoms with van der Waals surface area (Å²) in [5, 5.41) is 29.5. The fourth-order valence-corrected chi connectivity index (χ4v) is 6.18. The zero-order valence-electron chi connectivity index (χ0n) is 24.1. The van der Waals surface area contributed by atoms with Crippen LogP contribution in [0, 0.1) is 0 Å². The molecule has 4 atom stereocenters. The normalized spacial score (nSPS) is 19.7. The van der Waals surface area contributed by atoms with E-state index in [1.807, 2.05) is 13.8 Å². The summed E-state index contributed by atoms with van der Waals surface area (Å²) in [6, 6.07) is 0. The summed E-state index contributed by atoms with van der Waals surface area (Å²) in [6.07, 6.45) is 11.9. The number of phosphoric acid groups is 1. The number of phosphoric ester groups is 1. The van der Waals surface area contributed by atoms with Crippen molar-refractivity contribution in [1.82, 2.24) is 0 Å². The highest BCUT2D eigenvalue weighted by Gasteiger charge is 2.45. The Bertz CT molecular complexity index is 697. The second-order valence-corrected chi connectivity index (χ2v) is 11.7. The van der Waals surface area contributed by atoms with Gasteiger partial charge in [0.1, 0.15) is 6.10 Å². The number of cyclic esters (lactones) is 1. The minimum atomic E-state index is -4.35. The lowest BCUT2D eigenvalue weighted by Gasteiger charge is -2.26. The number of esters is 1. The van der Waals surface area contributed by atoms with Crippen molar-refractivity contribution in [1.29, 1.82) is 0 Å². The van der Waals surface area contributed by atoms with Gasteiger partial charge < -0.3 is 24.6 Å². The van der Waals surface area contributed by atoms with Crippen LogP contribution in [0.1, 0.15) is 130 Å². The first kappa shape index (κ1) is 34.9. The molecular weight excluding hydrogens is 511 g/mol. The van der Waals surface area contributed by atoms with Crippen LogP contribution in [0.25, 0.3) is 0 Å². The Hall–Kier alpha value is -1.12. The molecule has 0 saturated carbocycles. The molecule has 0 fully saturated rings. The first-order valence-electron chi connectivity index (χ1n) is 14.8. The van der Waals surface area contributed by atoms with E-state index in [0.29, 0.717) is 25.7 Å². The minimum Gasteiger partial charge on any atom is -0.505 e. The average molecular weight is 565 g/mol. The van der Waals surface area contributed by atoms with Gasteiger partial charge in [-0.3, -0.25) is 9.05 Å². The third-order valence-corrected chi connectivity index (χ3v) is 8.41. The summed E-state index contributed by atoms with van der Waals surface area (Å²) in [4.78, 5) is 12.4. The monoisotopic (exact) mass is 564 g/mol. The lowest BCUT2D eigenvalue weighted by molar-refractivity contribution is -0.147. The predicted molar refractivity (Wildman–Crippen MR) is 148 cm³/mol. The van der Waals surface area contributed by atoms with Crippen molar-refractivity contribution >= 4 is 13.8 Å². The smallest absolute Gasteiger partial charge is 0.505 e. The van der Waals surface area contributed by atoms with Crippen LogP contribution in [-0.4, -0.2) is 52.3 Å². The van der Waals surface area contributed by atoms with Gasteiger partial charge in [-0.2, -0.15) is 0 Å². The lowest BCUT2D eigenvalue weighted by Crippen LogP contribution is -2.31. The maximum atomic E-state index is 14.0. The molecular formula is C28H53O9P. The molecule has 0 spiro atoms. The molecule has 38 heavy (non-hydrogen) atoms. The van der Waals surface area contributed by atoms with Gasteiger partial charge in [0.05, 0.1) is 18.8 Å². The van der Waals surface area contributed by atoms with Crippen LogP contribution in [0.3, 0.4) is 0 Å². The van der Waals surface area contributed by atoms with Gasteiger partial charge in [-0.25, -0.2) is 9.36 Å². The van der Waals surface area contributed by atoms with E-state index in [0.717, 1.165) is 38.5 Å². The maximum absolute atomic E-state index is 14.0. The largest absolute Gasteiger partial charge is 0.530 e. The number of unbranched alkanes of at least 4 members (excludes halogenated alkanes) is 10. The number of aliphatic hydroxyl groups is 3. The topological polar surface area (TPSA) is 132 Å². The van der Waals surface area contributed by atoms with Crippen molar-refractivity contribution in [3.63, 3.8) is 0 Å². The van der Waals surface area contributed by atoms with E-state index < -0.39 is 56.3 Å². The number of hydrogen-bond acceptors (Lipinski definition) is 9. The summed E-state index contributed by atoms with van der Waals surface area (Å²) in [5.74, 6) is -2.55. The van der Waals surface area contributed by atoms with E-state index in [4.69, 9.17) is 18.3 Å². The van der Waals surface area contributed by atoms with Gasteiger partial charge in [-0.1, -0.05) is 105 Å². The molecule has 1 rings (SSSR count). The number of carbonyl (C=O) groups excluding carboxylic acids is 1. The van der Waals surface area contributed by atoms with Gasteiger partial charge in [0.25, 0.3) is 5.76 Å². The molecule has 0 radical (unpaired) electrons. The Morgan fingerprint density at radius 1 is 0.816 bits per heavy atom. The van der Waals surface area contributed by atoms with Gasteiger partial charge in [-0.15, -0.1) is 0 Å². The second kappa shape index (κ2) is 19.9. The van der Waals surface area contributed by atoms with E-state index in [1.54, 1.807) is 0 Å². The van der Waals surface area contributed by atoms with Gasteiger partial charge in [0, 0.05) is 0 Å². The third kappa shape index (κ3) is 12.8. The number of hydrogen-bond donors (Lipinski definition) is 3. The van der Waals surface area contributed by atoms with E-state index in [-0.39, 0.29) is 0 Å². The minimum absolute atomic E-state index is 0.419. The number of aliphatic hydroxyl groups excluding tert-OH is 3. The Balaban J connectivity index is 2.96. The molecule has 0 aromatic carbocycles. The molecule has 224 valence electrons. The molecule has 0 amide bonds. The van der Waals surface area contributed by atoms with Crippen molar-refractivity contribution in [2.45, 2.75) is 155 Å². The van der Waals surface area contributed by atoms with Gasteiger partial charge in [0.2, 0.25) is 0 Å². The van der Waals surface area contributed by atoms with E-state index in [2.05, 4.69) is 13.8 Å². The number of rotatable bonds is 24. The first-order valence-corrected chi connectivity index (χ1v) is 16.3. The Kier molecular flexibility index (Phi) is 18.2. The van der Waals surface area contributed by atoms with E-state index >= 15 is 0 Å². The van der Waals surface area contributed by atoms with Gasteiger partial charge >= 0.3 is 13.8 Å². The van der Waals surface area contributed by atoms with Crippen molar-refractivity contribution in [2.75, 3.05) is 6.61 Å². The Labute approximate surface area is 229 Å². The summed E-state index contributed by atoms with van der Waals surface area (Å²) < 4.78 is 36.3. The number of ether oxygens (including phenoxy) is 1. The molecule has 3 N–H and O–H groups in total. The first-order chi connectivity index (χ1) is 18.2. The zero-order valence-corrected chi connectivity index (χ0v) is 25.0. The van der Waals surface area contributed by atoms with Crippen LogP contribution in [-0.2, 0) is 27.7 Å². The van der Waals surface area contributed by atoms with Crippen LogP contribution in [0.5, 0.6) is 0 Å². The molecule has 0 aromatic heterocycles. The van der Waals surface area contributed by atoms with Crippen LogP contribution in [0.2, 0.25) is 0 Å². The molecule has 0 aromatic rings. The van der Waals surface area contributed by atoms with Crippen molar-refractivity contribution < 1.29 is 43.0 Å². The molecule has 9 nitrogen and oxygen atoms in total. The summed E-state index contributed by atoms with van der Waals surface area (Å²) >= 11 is 0. The summed E-state index contributed by atoms with van der Waals surface area (Å²) in [7, 11) is -4.35. The van der Waals surface area contributed by atoms with Crippen LogP contribution >= 0.6 is 7.82 Å². The maximum Gasteiger partial charge on any atom is 0.530 e. The fraction of sp³-hybridized carbons (Fsp3) is 0.893. The highest BCUT2D eigenvalue weighted by molar-refractivity contribution is 7.48. The standard InChI is InChI=1S/C28H53O9P/c1-5-9-11-13-15-17-19-22(7-3)35-38(33,36-23(8-4)20-18-16-14-12-10-6-2)37-27-25(31)26(24(30)21-29)34-28(27)32/h22-24,26,29-31H,5-21H2,1-4H3/t22?,23?,24?,26-,38?/m1/s1. The summed E-state index contributed by atoms with van der Waals surface area (Å²) in [5.41, 5.74) is 0. The van der Waals surface area contributed by atoms with E-state index in [9.17, 15) is 24.7 Å². The molecule has 0 aliphatic carbocycles.